The number of methoxy groups -OCH3 is 1. The predicted molar refractivity (Wildman–Crippen MR) is 59.4 cm³/mol. The summed E-state index contributed by atoms with van der Waals surface area (Å²) in [4.78, 5) is 11.6. The summed E-state index contributed by atoms with van der Waals surface area (Å²) in [5.41, 5.74) is 0. The van der Waals surface area contributed by atoms with Crippen molar-refractivity contribution in [1.82, 2.24) is 0 Å². The van der Waals surface area contributed by atoms with Gasteiger partial charge in [0.15, 0.2) is 0 Å². The normalized spacial score (nSPS) is 13.2. The van der Waals surface area contributed by atoms with Crippen molar-refractivity contribution in [3.63, 3.8) is 0 Å². The van der Waals surface area contributed by atoms with Crippen LogP contribution in [0.15, 0.2) is 0 Å². The molecule has 84 valence electrons. The zero-order chi connectivity index (χ0) is 11.0. The molecule has 1 unspecified atom stereocenters. The first-order valence-corrected chi connectivity index (χ1v) is 5.64. The Morgan fingerprint density at radius 2 is 1.79 bits per heavy atom. The fraction of sp³-hybridized carbons (Fsp3) is 0.917. The predicted octanol–water partition coefficient (Wildman–Crippen LogP) is 3.05. The van der Waals surface area contributed by atoms with E-state index in [-0.39, 0.29) is 0 Å². The van der Waals surface area contributed by atoms with Crippen LogP contribution in [0.25, 0.3) is 0 Å². The first-order chi connectivity index (χ1) is 6.63. The van der Waals surface area contributed by atoms with Crippen molar-refractivity contribution in [3.8, 4) is 0 Å². The van der Waals surface area contributed by atoms with Crippen molar-refractivity contribution in [1.29, 1.82) is 0 Å². The Bertz CT molecular complexity index is 150. The van der Waals surface area contributed by atoms with E-state index in [4.69, 9.17) is 4.74 Å². The van der Waals surface area contributed by atoms with Crippen molar-refractivity contribution >= 4 is 5.78 Å². The van der Waals surface area contributed by atoms with E-state index in [1.165, 1.54) is 0 Å². The number of rotatable bonds is 8. The molecular formula is C12H24O2. The standard InChI is InChI=1S/C12H24O2/c1-5-11(6-2)8-12(13)7-10(3)9-14-4/h10-11H,5-9H2,1-4H3. The van der Waals surface area contributed by atoms with Gasteiger partial charge in [-0.2, -0.15) is 0 Å². The Morgan fingerprint density at radius 1 is 1.21 bits per heavy atom. The Balaban J connectivity index is 3.73. The molecule has 0 aromatic carbocycles. The van der Waals surface area contributed by atoms with Crippen LogP contribution in [0.1, 0.15) is 46.5 Å². The number of carbonyl (C=O) groups excluding carboxylic acids is 1. The molecule has 2 nitrogen and oxygen atoms in total. The molecule has 0 aliphatic rings. The lowest BCUT2D eigenvalue weighted by atomic mass is 9.93. The summed E-state index contributed by atoms with van der Waals surface area (Å²) in [7, 11) is 1.68. The molecule has 0 saturated heterocycles. The number of ketones is 1. The van der Waals surface area contributed by atoms with E-state index in [1.807, 2.05) is 0 Å². The average Bonchev–Trinajstić information content (AvgIpc) is 2.14. The van der Waals surface area contributed by atoms with Gasteiger partial charge < -0.3 is 4.74 Å². The second-order valence-electron chi connectivity index (χ2n) is 4.19. The highest BCUT2D eigenvalue weighted by atomic mass is 16.5. The SMILES string of the molecule is CCC(CC)CC(=O)CC(C)COC. The minimum Gasteiger partial charge on any atom is -0.384 e. The Morgan fingerprint density at radius 3 is 2.21 bits per heavy atom. The number of ether oxygens (including phenoxy) is 1. The van der Waals surface area contributed by atoms with Gasteiger partial charge in [-0.3, -0.25) is 4.79 Å². The molecule has 0 radical (unpaired) electrons. The topological polar surface area (TPSA) is 26.3 Å². The zero-order valence-corrected chi connectivity index (χ0v) is 10.0. The summed E-state index contributed by atoms with van der Waals surface area (Å²) in [5.74, 6) is 1.34. The molecule has 0 heterocycles. The van der Waals surface area contributed by atoms with Gasteiger partial charge in [0.25, 0.3) is 0 Å². The molecule has 0 aromatic heterocycles. The van der Waals surface area contributed by atoms with Gasteiger partial charge in [0.2, 0.25) is 0 Å². The molecule has 14 heavy (non-hydrogen) atoms. The molecule has 0 rings (SSSR count). The Labute approximate surface area is 88.0 Å². The molecule has 0 bridgehead atoms. The van der Waals surface area contributed by atoms with Crippen LogP contribution in [0, 0.1) is 11.8 Å². The molecule has 0 aromatic rings. The highest BCUT2D eigenvalue weighted by Gasteiger charge is 2.13. The van der Waals surface area contributed by atoms with Crippen molar-refractivity contribution in [2.75, 3.05) is 13.7 Å². The highest BCUT2D eigenvalue weighted by Crippen LogP contribution is 2.15. The smallest absolute Gasteiger partial charge is 0.133 e. The summed E-state index contributed by atoms with van der Waals surface area (Å²) in [6.07, 6.45) is 3.65. The van der Waals surface area contributed by atoms with E-state index < -0.39 is 0 Å². The monoisotopic (exact) mass is 200 g/mol. The number of hydrogen-bond acceptors (Lipinski definition) is 2. The molecule has 0 spiro atoms. The second-order valence-corrected chi connectivity index (χ2v) is 4.19. The van der Waals surface area contributed by atoms with Gasteiger partial charge in [-0.05, 0) is 11.8 Å². The molecule has 0 N–H and O–H groups in total. The first-order valence-electron chi connectivity index (χ1n) is 5.64. The molecule has 0 saturated carbocycles. The first kappa shape index (κ1) is 13.6. The third kappa shape index (κ3) is 6.14. The number of Topliss-reactive ketones (excluding diaryl/α,β-unsaturated/α-hetero) is 1. The maximum atomic E-state index is 11.6. The van der Waals surface area contributed by atoms with Crippen molar-refractivity contribution in [2.24, 2.45) is 11.8 Å². The molecule has 0 amide bonds. The van der Waals surface area contributed by atoms with Gasteiger partial charge in [-0.1, -0.05) is 33.6 Å². The fourth-order valence-electron chi connectivity index (χ4n) is 1.71. The van der Waals surface area contributed by atoms with Gasteiger partial charge in [0.05, 0.1) is 0 Å². The van der Waals surface area contributed by atoms with E-state index in [1.54, 1.807) is 7.11 Å². The molecule has 1 atom stereocenters. The minimum atomic E-state index is 0.363. The number of carbonyl (C=O) groups is 1. The van der Waals surface area contributed by atoms with E-state index >= 15 is 0 Å². The van der Waals surface area contributed by atoms with Crippen LogP contribution in [0.2, 0.25) is 0 Å². The van der Waals surface area contributed by atoms with E-state index in [0.717, 1.165) is 19.3 Å². The molecule has 2 heteroatoms. The van der Waals surface area contributed by atoms with Crippen LogP contribution in [-0.4, -0.2) is 19.5 Å². The maximum absolute atomic E-state index is 11.6. The number of hydrogen-bond donors (Lipinski definition) is 0. The lowest BCUT2D eigenvalue weighted by Crippen LogP contribution is -2.13. The Hall–Kier alpha value is -0.370. The van der Waals surface area contributed by atoms with Crippen molar-refractivity contribution in [2.45, 2.75) is 46.5 Å². The third-order valence-electron chi connectivity index (χ3n) is 2.70. The summed E-state index contributed by atoms with van der Waals surface area (Å²) in [5, 5.41) is 0. The van der Waals surface area contributed by atoms with Crippen LogP contribution in [-0.2, 0) is 9.53 Å². The maximum Gasteiger partial charge on any atom is 0.133 e. The van der Waals surface area contributed by atoms with Gasteiger partial charge in [-0.25, -0.2) is 0 Å². The van der Waals surface area contributed by atoms with Gasteiger partial charge in [-0.15, -0.1) is 0 Å². The second kappa shape index (κ2) is 7.98. The van der Waals surface area contributed by atoms with Gasteiger partial charge >= 0.3 is 0 Å². The largest absolute Gasteiger partial charge is 0.384 e. The van der Waals surface area contributed by atoms with Crippen LogP contribution >= 0.6 is 0 Å². The van der Waals surface area contributed by atoms with Gasteiger partial charge in [0, 0.05) is 26.6 Å². The average molecular weight is 200 g/mol. The lowest BCUT2D eigenvalue weighted by molar-refractivity contribution is -0.121. The van der Waals surface area contributed by atoms with E-state index in [9.17, 15) is 4.79 Å². The lowest BCUT2D eigenvalue weighted by Gasteiger charge is -2.13. The molecule has 0 aliphatic carbocycles. The molecule has 0 aliphatic heterocycles. The van der Waals surface area contributed by atoms with Crippen molar-refractivity contribution < 1.29 is 9.53 Å². The van der Waals surface area contributed by atoms with Crippen LogP contribution in [0.3, 0.4) is 0 Å². The van der Waals surface area contributed by atoms with Gasteiger partial charge in [0.1, 0.15) is 5.78 Å². The fourth-order valence-corrected chi connectivity index (χ4v) is 1.71. The summed E-state index contributed by atoms with van der Waals surface area (Å²) in [6.45, 7) is 7.06. The quantitative estimate of drug-likeness (QED) is 0.602. The van der Waals surface area contributed by atoms with Crippen LogP contribution < -0.4 is 0 Å². The highest BCUT2D eigenvalue weighted by molar-refractivity contribution is 5.78. The van der Waals surface area contributed by atoms with Crippen molar-refractivity contribution in [3.05, 3.63) is 0 Å². The third-order valence-corrected chi connectivity index (χ3v) is 2.70. The summed E-state index contributed by atoms with van der Waals surface area (Å²) in [6, 6.07) is 0. The van der Waals surface area contributed by atoms with Crippen LogP contribution in [0.5, 0.6) is 0 Å². The molecule has 0 fully saturated rings. The minimum absolute atomic E-state index is 0.363. The summed E-state index contributed by atoms with van der Waals surface area (Å²) < 4.78 is 5.01. The van der Waals surface area contributed by atoms with E-state index in [2.05, 4.69) is 20.8 Å². The Kier molecular flexibility index (Phi) is 7.77. The van der Waals surface area contributed by atoms with E-state index in [0.29, 0.717) is 30.6 Å². The van der Waals surface area contributed by atoms with Crippen LogP contribution in [0.4, 0.5) is 0 Å². The zero-order valence-electron chi connectivity index (χ0n) is 10.0. The molecular weight excluding hydrogens is 176 g/mol. The summed E-state index contributed by atoms with van der Waals surface area (Å²) >= 11 is 0.